The van der Waals surface area contributed by atoms with Crippen LogP contribution in [0.3, 0.4) is 0 Å². The first kappa shape index (κ1) is 8.34. The minimum Gasteiger partial charge on any atom is -0.400 e. The molecule has 0 unspecified atom stereocenters. The van der Waals surface area contributed by atoms with Gasteiger partial charge in [0.25, 0.3) is 0 Å². The molecule has 0 fully saturated rings. The summed E-state index contributed by atoms with van der Waals surface area (Å²) >= 11 is 0. The topological polar surface area (TPSA) is 38.0 Å². The summed E-state index contributed by atoms with van der Waals surface area (Å²) in [5.41, 5.74) is 7.70. The molecule has 0 atom stereocenters. The third-order valence-electron chi connectivity index (χ3n) is 1.43. The fourth-order valence-corrected chi connectivity index (χ4v) is 0.577. The highest BCUT2D eigenvalue weighted by molar-refractivity contribution is 5.07. The van der Waals surface area contributed by atoms with Crippen LogP contribution in [0.5, 0.6) is 0 Å². The molecule has 0 spiro atoms. The van der Waals surface area contributed by atoms with E-state index in [0.717, 1.165) is 11.4 Å². The molecule has 0 radical (unpaired) electrons. The van der Waals surface area contributed by atoms with E-state index in [2.05, 4.69) is 19.2 Å². The lowest BCUT2D eigenvalue weighted by atomic mass is 10.1. The van der Waals surface area contributed by atoms with E-state index in [1.165, 1.54) is 0 Å². The fourth-order valence-electron chi connectivity index (χ4n) is 0.577. The molecular weight excluding hydrogens is 112 g/mol. The monoisotopic (exact) mass is 128 g/mol. The molecule has 2 heteroatoms. The molecule has 9 heavy (non-hydrogen) atoms. The molecule has 0 aliphatic carbocycles. The van der Waals surface area contributed by atoms with E-state index in [1.807, 2.05) is 14.0 Å². The van der Waals surface area contributed by atoms with Crippen molar-refractivity contribution in [2.24, 2.45) is 11.7 Å². The van der Waals surface area contributed by atoms with E-state index >= 15 is 0 Å². The highest BCUT2D eigenvalue weighted by Crippen LogP contribution is 2.04. The number of rotatable bonds is 2. The Labute approximate surface area is 57.1 Å². The van der Waals surface area contributed by atoms with Crippen LogP contribution in [0.4, 0.5) is 0 Å². The van der Waals surface area contributed by atoms with Crippen LogP contribution in [-0.4, -0.2) is 7.05 Å². The molecule has 0 aromatic rings. The van der Waals surface area contributed by atoms with Gasteiger partial charge in [-0.3, -0.25) is 0 Å². The molecule has 0 aliphatic heterocycles. The van der Waals surface area contributed by atoms with Crippen molar-refractivity contribution >= 4 is 0 Å². The Kier molecular flexibility index (Phi) is 3.13. The van der Waals surface area contributed by atoms with Gasteiger partial charge in [-0.1, -0.05) is 13.8 Å². The van der Waals surface area contributed by atoms with Gasteiger partial charge in [0.2, 0.25) is 0 Å². The van der Waals surface area contributed by atoms with E-state index in [9.17, 15) is 0 Å². The lowest BCUT2D eigenvalue weighted by molar-refractivity contribution is 0.726. The Morgan fingerprint density at radius 1 is 1.44 bits per heavy atom. The zero-order valence-electron chi connectivity index (χ0n) is 6.65. The van der Waals surface area contributed by atoms with Crippen LogP contribution in [0.2, 0.25) is 0 Å². The van der Waals surface area contributed by atoms with Crippen LogP contribution in [0, 0.1) is 5.92 Å². The number of nitrogens with one attached hydrogen (secondary N) is 1. The molecular formula is C7H16N2. The SMILES string of the molecule is CN/C(C)=C(\N)C(C)C. The standard InChI is InChI=1S/C7H16N2/c1-5(2)7(8)6(3)9-4/h5,9H,8H2,1-4H3/b7-6-. The highest BCUT2D eigenvalue weighted by Gasteiger charge is 1.99. The lowest BCUT2D eigenvalue weighted by Gasteiger charge is -2.09. The zero-order valence-corrected chi connectivity index (χ0v) is 6.65. The first-order valence-electron chi connectivity index (χ1n) is 3.23. The summed E-state index contributed by atoms with van der Waals surface area (Å²) in [7, 11) is 1.88. The van der Waals surface area contributed by atoms with Gasteiger partial charge in [-0.05, 0) is 12.8 Å². The number of hydrogen-bond donors (Lipinski definition) is 2. The fraction of sp³-hybridized carbons (Fsp3) is 0.714. The van der Waals surface area contributed by atoms with Crippen molar-refractivity contribution in [3.8, 4) is 0 Å². The van der Waals surface area contributed by atoms with Gasteiger partial charge in [-0.2, -0.15) is 0 Å². The quantitative estimate of drug-likeness (QED) is 0.583. The Morgan fingerprint density at radius 3 is 2.00 bits per heavy atom. The number of hydrogen-bond acceptors (Lipinski definition) is 2. The number of allylic oxidation sites excluding steroid dienone is 2. The van der Waals surface area contributed by atoms with Gasteiger partial charge in [-0.25, -0.2) is 0 Å². The summed E-state index contributed by atoms with van der Waals surface area (Å²) in [6, 6.07) is 0. The van der Waals surface area contributed by atoms with Crippen molar-refractivity contribution in [2.75, 3.05) is 7.05 Å². The summed E-state index contributed by atoms with van der Waals surface area (Å²) in [4.78, 5) is 0. The molecule has 54 valence electrons. The molecule has 0 saturated carbocycles. The molecule has 0 heterocycles. The van der Waals surface area contributed by atoms with Gasteiger partial charge in [-0.15, -0.1) is 0 Å². The summed E-state index contributed by atoms with van der Waals surface area (Å²) in [5, 5.41) is 3.00. The minimum atomic E-state index is 0.442. The summed E-state index contributed by atoms with van der Waals surface area (Å²) in [5.74, 6) is 0.442. The lowest BCUT2D eigenvalue weighted by Crippen LogP contribution is -2.15. The van der Waals surface area contributed by atoms with Gasteiger partial charge in [0.15, 0.2) is 0 Å². The zero-order chi connectivity index (χ0) is 7.44. The Balaban J connectivity index is 4.10. The van der Waals surface area contributed by atoms with Crippen LogP contribution in [0.25, 0.3) is 0 Å². The van der Waals surface area contributed by atoms with Crippen molar-refractivity contribution in [1.82, 2.24) is 5.32 Å². The molecule has 2 nitrogen and oxygen atoms in total. The summed E-state index contributed by atoms with van der Waals surface area (Å²) < 4.78 is 0. The second-order valence-electron chi connectivity index (χ2n) is 2.49. The highest BCUT2D eigenvalue weighted by atomic mass is 14.8. The predicted molar refractivity (Wildman–Crippen MR) is 40.8 cm³/mol. The molecule has 0 rings (SSSR count). The second-order valence-corrected chi connectivity index (χ2v) is 2.49. The molecule has 0 aromatic carbocycles. The van der Waals surface area contributed by atoms with E-state index < -0.39 is 0 Å². The molecule has 0 aliphatic rings. The van der Waals surface area contributed by atoms with Crippen molar-refractivity contribution in [3.63, 3.8) is 0 Å². The first-order valence-corrected chi connectivity index (χ1v) is 3.23. The summed E-state index contributed by atoms with van der Waals surface area (Å²) in [6.07, 6.45) is 0. The van der Waals surface area contributed by atoms with Gasteiger partial charge >= 0.3 is 0 Å². The third-order valence-corrected chi connectivity index (χ3v) is 1.43. The van der Waals surface area contributed by atoms with Gasteiger partial charge in [0.05, 0.1) is 0 Å². The largest absolute Gasteiger partial charge is 0.400 e. The van der Waals surface area contributed by atoms with E-state index in [-0.39, 0.29) is 0 Å². The van der Waals surface area contributed by atoms with Gasteiger partial charge < -0.3 is 11.1 Å². The maximum absolute atomic E-state index is 5.69. The normalized spacial score (nSPS) is 13.4. The molecule has 3 N–H and O–H groups in total. The Morgan fingerprint density at radius 2 is 1.89 bits per heavy atom. The predicted octanol–water partition coefficient (Wildman–Crippen LogP) is 1.05. The van der Waals surface area contributed by atoms with E-state index in [1.54, 1.807) is 0 Å². The molecule has 0 amide bonds. The maximum Gasteiger partial charge on any atom is 0.0296 e. The average molecular weight is 128 g/mol. The van der Waals surface area contributed by atoms with Crippen molar-refractivity contribution in [2.45, 2.75) is 20.8 Å². The van der Waals surface area contributed by atoms with Crippen molar-refractivity contribution in [3.05, 3.63) is 11.4 Å². The van der Waals surface area contributed by atoms with Crippen molar-refractivity contribution < 1.29 is 0 Å². The second kappa shape index (κ2) is 3.38. The van der Waals surface area contributed by atoms with E-state index in [4.69, 9.17) is 5.73 Å². The Bertz CT molecular complexity index is 114. The molecule has 0 aromatic heterocycles. The average Bonchev–Trinajstić information content (AvgIpc) is 1.84. The van der Waals surface area contributed by atoms with Crippen molar-refractivity contribution in [1.29, 1.82) is 0 Å². The molecule has 0 saturated heterocycles. The Hall–Kier alpha value is -0.660. The van der Waals surface area contributed by atoms with Crippen LogP contribution >= 0.6 is 0 Å². The minimum absolute atomic E-state index is 0.442. The maximum atomic E-state index is 5.69. The third kappa shape index (κ3) is 2.40. The summed E-state index contributed by atoms with van der Waals surface area (Å²) in [6.45, 7) is 6.14. The number of nitrogens with two attached hydrogens (primary N) is 1. The van der Waals surface area contributed by atoms with E-state index in [0.29, 0.717) is 5.92 Å². The van der Waals surface area contributed by atoms with Crippen LogP contribution in [-0.2, 0) is 0 Å². The van der Waals surface area contributed by atoms with Crippen LogP contribution in [0.15, 0.2) is 11.4 Å². The smallest absolute Gasteiger partial charge is 0.0296 e. The molecule has 0 bridgehead atoms. The van der Waals surface area contributed by atoms with Gasteiger partial charge in [0.1, 0.15) is 0 Å². The van der Waals surface area contributed by atoms with Crippen LogP contribution in [0.1, 0.15) is 20.8 Å². The first-order chi connectivity index (χ1) is 4.09. The van der Waals surface area contributed by atoms with Gasteiger partial charge in [0, 0.05) is 18.4 Å². The van der Waals surface area contributed by atoms with Crippen LogP contribution < -0.4 is 11.1 Å².